The maximum absolute atomic E-state index is 11.9. The fraction of sp³-hybridized carbons (Fsp3) is 0.773. The standard InChI is InChI=1S/C22H30O14/c1-9(23)28-6-16-19(32-11(3)25)20(33-12(4)26)21(34-13(5)27)22(36-16)35-15-8-30-17-14(31-10(2)24)7-29-18(15)17/h14-22H,6-8H2,1-5H3/t14-,15+,16+,17+,18+,19+,20-,21+,22+/m0/s1. The average Bonchev–Trinajstić information content (AvgIpc) is 3.33. The van der Waals surface area contributed by atoms with Gasteiger partial charge >= 0.3 is 29.8 Å². The summed E-state index contributed by atoms with van der Waals surface area (Å²) in [5.41, 5.74) is 0. The highest BCUT2D eigenvalue weighted by atomic mass is 16.8. The molecule has 14 nitrogen and oxygen atoms in total. The second-order valence-corrected chi connectivity index (χ2v) is 8.49. The highest BCUT2D eigenvalue weighted by Gasteiger charge is 2.56. The van der Waals surface area contributed by atoms with E-state index in [2.05, 4.69) is 0 Å². The number of hydrogen-bond acceptors (Lipinski definition) is 14. The molecule has 0 spiro atoms. The Hall–Kier alpha value is -2.81. The van der Waals surface area contributed by atoms with Crippen LogP contribution >= 0.6 is 0 Å². The van der Waals surface area contributed by atoms with E-state index in [-0.39, 0.29) is 19.8 Å². The molecule has 9 atom stereocenters. The number of fused-ring (bicyclic) bond motifs is 1. The number of carbonyl (C=O) groups is 5. The SMILES string of the molecule is CC(=O)OC[C@H]1O[C@@H](O[C@@H]2CO[C@H]3[C@@H]2OC[C@@H]3OC(C)=O)[C@H](OC(C)=O)[C@@H](OC(C)=O)[C@@H]1OC(C)=O. The lowest BCUT2D eigenvalue weighted by molar-refractivity contribution is -0.320. The molecule has 0 saturated carbocycles. The van der Waals surface area contributed by atoms with Gasteiger partial charge in [0.2, 0.25) is 0 Å². The third-order valence-electron chi connectivity index (χ3n) is 5.54. The third kappa shape index (κ3) is 6.90. The first-order valence-electron chi connectivity index (χ1n) is 11.3. The normalized spacial score (nSPS) is 35.3. The van der Waals surface area contributed by atoms with Crippen LogP contribution in [0.15, 0.2) is 0 Å². The molecular formula is C22H30O14. The Balaban J connectivity index is 1.86. The van der Waals surface area contributed by atoms with Crippen LogP contribution in [0.4, 0.5) is 0 Å². The van der Waals surface area contributed by atoms with E-state index in [4.69, 9.17) is 42.6 Å². The molecule has 3 aliphatic rings. The predicted octanol–water partition coefficient (Wildman–Crippen LogP) is -0.816. The summed E-state index contributed by atoms with van der Waals surface area (Å²) in [7, 11) is 0. The summed E-state index contributed by atoms with van der Waals surface area (Å²) in [5, 5.41) is 0. The molecule has 0 aliphatic carbocycles. The molecule has 0 radical (unpaired) electrons. The average molecular weight is 518 g/mol. The van der Waals surface area contributed by atoms with Gasteiger partial charge in [-0.15, -0.1) is 0 Å². The minimum atomic E-state index is -1.37. The van der Waals surface area contributed by atoms with Gasteiger partial charge in [-0.05, 0) is 0 Å². The van der Waals surface area contributed by atoms with Crippen molar-refractivity contribution < 1.29 is 66.6 Å². The van der Waals surface area contributed by atoms with E-state index in [0.29, 0.717) is 0 Å². The summed E-state index contributed by atoms with van der Waals surface area (Å²) in [6.45, 7) is 5.57. The molecule has 0 unspecified atom stereocenters. The van der Waals surface area contributed by atoms with Crippen molar-refractivity contribution in [3.8, 4) is 0 Å². The van der Waals surface area contributed by atoms with Crippen LogP contribution in [-0.2, 0) is 66.6 Å². The second-order valence-electron chi connectivity index (χ2n) is 8.49. The van der Waals surface area contributed by atoms with E-state index >= 15 is 0 Å². The first kappa shape index (κ1) is 27.8. The van der Waals surface area contributed by atoms with Gasteiger partial charge in [-0.2, -0.15) is 0 Å². The lowest BCUT2D eigenvalue weighted by atomic mass is 9.98. The fourth-order valence-corrected chi connectivity index (χ4v) is 4.33. The largest absolute Gasteiger partial charge is 0.463 e. The Morgan fingerprint density at radius 1 is 0.639 bits per heavy atom. The maximum Gasteiger partial charge on any atom is 0.303 e. The number of ether oxygens (including phenoxy) is 9. The van der Waals surface area contributed by atoms with Gasteiger partial charge in [-0.3, -0.25) is 24.0 Å². The molecule has 0 amide bonds. The molecule has 3 heterocycles. The van der Waals surface area contributed by atoms with E-state index in [1.54, 1.807) is 0 Å². The van der Waals surface area contributed by atoms with Crippen molar-refractivity contribution in [2.75, 3.05) is 19.8 Å². The Labute approximate surface area is 206 Å². The van der Waals surface area contributed by atoms with Gasteiger partial charge in [0.25, 0.3) is 0 Å². The third-order valence-corrected chi connectivity index (χ3v) is 5.54. The number of carbonyl (C=O) groups excluding carboxylic acids is 5. The van der Waals surface area contributed by atoms with Gasteiger partial charge in [0, 0.05) is 34.6 Å². The Morgan fingerprint density at radius 3 is 1.69 bits per heavy atom. The first-order valence-corrected chi connectivity index (χ1v) is 11.3. The zero-order chi connectivity index (χ0) is 26.6. The van der Waals surface area contributed by atoms with Crippen molar-refractivity contribution in [3.63, 3.8) is 0 Å². The van der Waals surface area contributed by atoms with Crippen LogP contribution in [0.25, 0.3) is 0 Å². The molecule has 0 bridgehead atoms. The van der Waals surface area contributed by atoms with Gasteiger partial charge < -0.3 is 42.6 Å². The van der Waals surface area contributed by atoms with Crippen molar-refractivity contribution in [1.82, 2.24) is 0 Å². The molecule has 0 aromatic carbocycles. The lowest BCUT2D eigenvalue weighted by Crippen LogP contribution is -2.63. The predicted molar refractivity (Wildman–Crippen MR) is 112 cm³/mol. The maximum atomic E-state index is 11.9. The Bertz CT molecular complexity index is 858. The van der Waals surface area contributed by atoms with Crippen LogP contribution < -0.4 is 0 Å². The zero-order valence-corrected chi connectivity index (χ0v) is 20.5. The quantitative estimate of drug-likeness (QED) is 0.289. The van der Waals surface area contributed by atoms with E-state index in [1.807, 2.05) is 0 Å². The first-order chi connectivity index (χ1) is 17.0. The number of hydrogen-bond donors (Lipinski definition) is 0. The minimum Gasteiger partial charge on any atom is -0.463 e. The lowest BCUT2D eigenvalue weighted by Gasteiger charge is -2.44. The molecule has 14 heteroatoms. The van der Waals surface area contributed by atoms with E-state index in [9.17, 15) is 24.0 Å². The molecule has 3 aliphatic heterocycles. The Kier molecular flexibility index (Phi) is 9.22. The highest BCUT2D eigenvalue weighted by molar-refractivity contribution is 5.69. The van der Waals surface area contributed by atoms with Crippen molar-refractivity contribution in [2.45, 2.75) is 89.7 Å². The Morgan fingerprint density at radius 2 is 1.14 bits per heavy atom. The molecule has 3 fully saturated rings. The van der Waals surface area contributed by atoms with Crippen molar-refractivity contribution in [1.29, 1.82) is 0 Å². The summed E-state index contributed by atoms with van der Waals surface area (Å²) in [5.74, 6) is -3.36. The number of esters is 5. The summed E-state index contributed by atoms with van der Waals surface area (Å²) >= 11 is 0. The van der Waals surface area contributed by atoms with Gasteiger partial charge in [0.15, 0.2) is 30.7 Å². The molecule has 36 heavy (non-hydrogen) atoms. The van der Waals surface area contributed by atoms with Gasteiger partial charge in [0.1, 0.15) is 31.0 Å². The zero-order valence-electron chi connectivity index (χ0n) is 20.5. The van der Waals surface area contributed by atoms with Gasteiger partial charge in [-0.1, -0.05) is 0 Å². The minimum absolute atomic E-state index is 0.0277. The van der Waals surface area contributed by atoms with Crippen molar-refractivity contribution in [3.05, 3.63) is 0 Å². The summed E-state index contributed by atoms with van der Waals surface area (Å²) < 4.78 is 49.8. The molecule has 3 saturated heterocycles. The van der Waals surface area contributed by atoms with Crippen LogP contribution in [-0.4, -0.2) is 105 Å². The fourth-order valence-electron chi connectivity index (χ4n) is 4.33. The molecule has 3 rings (SSSR count). The molecule has 202 valence electrons. The van der Waals surface area contributed by atoms with Crippen molar-refractivity contribution >= 4 is 29.8 Å². The smallest absolute Gasteiger partial charge is 0.303 e. The molecular weight excluding hydrogens is 488 g/mol. The van der Waals surface area contributed by atoms with Crippen LogP contribution in [0.2, 0.25) is 0 Å². The monoisotopic (exact) mass is 518 g/mol. The van der Waals surface area contributed by atoms with Crippen LogP contribution in [0.1, 0.15) is 34.6 Å². The van der Waals surface area contributed by atoms with Crippen LogP contribution in [0, 0.1) is 0 Å². The summed E-state index contributed by atoms with van der Waals surface area (Å²) in [6, 6.07) is 0. The van der Waals surface area contributed by atoms with Crippen LogP contribution in [0.3, 0.4) is 0 Å². The molecule has 0 N–H and O–H groups in total. The molecule has 0 aromatic rings. The summed E-state index contributed by atoms with van der Waals surface area (Å²) in [6.07, 6.45) is -9.14. The van der Waals surface area contributed by atoms with E-state index in [0.717, 1.165) is 20.8 Å². The second kappa shape index (κ2) is 12.0. The van der Waals surface area contributed by atoms with Crippen molar-refractivity contribution in [2.24, 2.45) is 0 Å². The summed E-state index contributed by atoms with van der Waals surface area (Å²) in [4.78, 5) is 58.5. The van der Waals surface area contributed by atoms with E-state index < -0.39 is 85.0 Å². The van der Waals surface area contributed by atoms with Gasteiger partial charge in [0.05, 0.1) is 13.2 Å². The van der Waals surface area contributed by atoms with E-state index in [1.165, 1.54) is 13.8 Å². The highest BCUT2D eigenvalue weighted by Crippen LogP contribution is 2.35. The van der Waals surface area contributed by atoms with Gasteiger partial charge in [-0.25, -0.2) is 0 Å². The number of rotatable bonds is 8. The molecule has 0 aromatic heterocycles. The van der Waals surface area contributed by atoms with Crippen LogP contribution in [0.5, 0.6) is 0 Å². The topological polar surface area (TPSA) is 168 Å².